The topological polar surface area (TPSA) is 46.6 Å². The number of sulfonamides is 1. The summed E-state index contributed by atoms with van der Waals surface area (Å²) in [6.07, 6.45) is 1.77. The highest BCUT2D eigenvalue weighted by molar-refractivity contribution is 7.99. The van der Waals surface area contributed by atoms with Gasteiger partial charge in [-0.25, -0.2) is 8.42 Å². The molecule has 0 aromatic heterocycles. The molecule has 1 heterocycles. The molecule has 4 nitrogen and oxygen atoms in total. The van der Waals surface area contributed by atoms with Crippen LogP contribution >= 0.6 is 11.8 Å². The number of piperidine rings is 1. The first-order chi connectivity index (χ1) is 14.1. The number of benzene rings is 3. The summed E-state index contributed by atoms with van der Waals surface area (Å²) in [5.74, 6) is 1.80. The number of thioether (sulfide) groups is 1. The molecule has 0 bridgehead atoms. The fraction of sp³-hybridized carbons (Fsp3) is 0.304. The van der Waals surface area contributed by atoms with E-state index in [9.17, 15) is 8.42 Å². The zero-order valence-electron chi connectivity index (χ0n) is 16.5. The largest absolute Gasteiger partial charge is 0.497 e. The standard InChI is InChI=1S/C23H25NO3S2/c1-27-21-9-6-18(7-10-21)17-28-22-12-14-24(15-13-22)29(25,26)23-11-8-19-4-2-3-5-20(19)16-23/h2-11,16,22H,12-15,17H2,1H3. The molecule has 0 atom stereocenters. The monoisotopic (exact) mass is 427 g/mol. The van der Waals surface area contributed by atoms with Gasteiger partial charge in [0, 0.05) is 24.1 Å². The van der Waals surface area contributed by atoms with Crippen LogP contribution in [0.1, 0.15) is 18.4 Å². The Morgan fingerprint density at radius 3 is 2.34 bits per heavy atom. The molecular formula is C23H25NO3S2. The maximum Gasteiger partial charge on any atom is 0.243 e. The summed E-state index contributed by atoms with van der Waals surface area (Å²) in [7, 11) is -1.77. The second-order valence-electron chi connectivity index (χ2n) is 7.27. The summed E-state index contributed by atoms with van der Waals surface area (Å²) in [4.78, 5) is 0.389. The van der Waals surface area contributed by atoms with E-state index in [1.165, 1.54) is 5.56 Å². The van der Waals surface area contributed by atoms with Crippen molar-refractivity contribution in [3.05, 3.63) is 72.3 Å². The molecule has 1 aliphatic heterocycles. The van der Waals surface area contributed by atoms with Crippen molar-refractivity contribution in [1.29, 1.82) is 0 Å². The molecule has 3 aromatic rings. The molecule has 0 aliphatic carbocycles. The molecule has 0 spiro atoms. The number of rotatable bonds is 6. The van der Waals surface area contributed by atoms with Crippen LogP contribution in [0.4, 0.5) is 0 Å². The molecule has 0 radical (unpaired) electrons. The van der Waals surface area contributed by atoms with E-state index in [0.29, 0.717) is 23.2 Å². The summed E-state index contributed by atoms with van der Waals surface area (Å²) < 4.78 is 33.0. The van der Waals surface area contributed by atoms with Gasteiger partial charge in [-0.05, 0) is 53.4 Å². The minimum absolute atomic E-state index is 0.389. The minimum Gasteiger partial charge on any atom is -0.497 e. The van der Waals surface area contributed by atoms with Crippen LogP contribution in [0, 0.1) is 0 Å². The van der Waals surface area contributed by atoms with E-state index < -0.39 is 10.0 Å². The average molecular weight is 428 g/mol. The van der Waals surface area contributed by atoms with Crippen molar-refractivity contribution in [3.8, 4) is 5.75 Å². The van der Waals surface area contributed by atoms with E-state index in [-0.39, 0.29) is 0 Å². The predicted molar refractivity (Wildman–Crippen MR) is 120 cm³/mol. The number of hydrogen-bond acceptors (Lipinski definition) is 4. The molecule has 4 rings (SSSR count). The van der Waals surface area contributed by atoms with Gasteiger partial charge in [-0.2, -0.15) is 16.1 Å². The number of ether oxygens (including phenoxy) is 1. The van der Waals surface area contributed by atoms with Crippen molar-refractivity contribution in [1.82, 2.24) is 4.31 Å². The third kappa shape index (κ3) is 4.60. The van der Waals surface area contributed by atoms with Gasteiger partial charge in [0.1, 0.15) is 5.75 Å². The summed E-state index contributed by atoms with van der Waals surface area (Å²) >= 11 is 1.91. The number of hydrogen-bond donors (Lipinski definition) is 0. The highest BCUT2D eigenvalue weighted by Crippen LogP contribution is 2.30. The lowest BCUT2D eigenvalue weighted by Crippen LogP contribution is -2.39. The van der Waals surface area contributed by atoms with Gasteiger partial charge in [-0.1, -0.05) is 42.5 Å². The molecule has 1 aliphatic rings. The molecular weight excluding hydrogens is 402 g/mol. The normalized spacial score (nSPS) is 16.2. The van der Waals surface area contributed by atoms with Gasteiger partial charge in [-0.3, -0.25) is 0 Å². The summed E-state index contributed by atoms with van der Waals surface area (Å²) in [6.45, 7) is 1.16. The lowest BCUT2D eigenvalue weighted by Gasteiger charge is -2.31. The van der Waals surface area contributed by atoms with Gasteiger partial charge >= 0.3 is 0 Å². The van der Waals surface area contributed by atoms with Crippen LogP contribution < -0.4 is 4.74 Å². The van der Waals surface area contributed by atoms with Gasteiger partial charge in [0.15, 0.2) is 0 Å². The molecule has 0 amide bonds. The van der Waals surface area contributed by atoms with Crippen LogP contribution in [0.5, 0.6) is 5.75 Å². The zero-order valence-corrected chi connectivity index (χ0v) is 18.1. The van der Waals surface area contributed by atoms with Crippen molar-refractivity contribution in [2.24, 2.45) is 0 Å². The van der Waals surface area contributed by atoms with Gasteiger partial charge in [-0.15, -0.1) is 0 Å². The fourth-order valence-corrected chi connectivity index (χ4v) is 6.32. The van der Waals surface area contributed by atoms with Gasteiger partial charge in [0.25, 0.3) is 0 Å². The summed E-state index contributed by atoms with van der Waals surface area (Å²) in [5, 5.41) is 2.50. The Hall–Kier alpha value is -2.02. The molecule has 1 fully saturated rings. The number of nitrogens with zero attached hydrogens (tertiary/aromatic N) is 1. The second kappa shape index (κ2) is 8.78. The Morgan fingerprint density at radius 1 is 0.966 bits per heavy atom. The Bertz CT molecular complexity index is 1070. The minimum atomic E-state index is -3.44. The van der Waals surface area contributed by atoms with Gasteiger partial charge < -0.3 is 4.74 Å². The highest BCUT2D eigenvalue weighted by Gasteiger charge is 2.29. The molecule has 0 N–H and O–H groups in total. The third-order valence-corrected chi connectivity index (χ3v) is 8.74. The Morgan fingerprint density at radius 2 is 1.66 bits per heavy atom. The van der Waals surface area contributed by atoms with E-state index in [4.69, 9.17) is 4.74 Å². The first-order valence-corrected chi connectivity index (χ1v) is 12.3. The van der Waals surface area contributed by atoms with Crippen LogP contribution in [0.25, 0.3) is 10.8 Å². The van der Waals surface area contributed by atoms with Gasteiger partial charge in [0.2, 0.25) is 10.0 Å². The SMILES string of the molecule is COc1ccc(CSC2CCN(S(=O)(=O)c3ccc4ccccc4c3)CC2)cc1. The lowest BCUT2D eigenvalue weighted by atomic mass is 10.1. The first kappa shape index (κ1) is 20.3. The lowest BCUT2D eigenvalue weighted by molar-refractivity contribution is 0.352. The quantitative estimate of drug-likeness (QED) is 0.559. The molecule has 152 valence electrons. The van der Waals surface area contributed by atoms with Crippen LogP contribution in [0.15, 0.2) is 71.6 Å². The highest BCUT2D eigenvalue weighted by atomic mass is 32.2. The molecule has 29 heavy (non-hydrogen) atoms. The zero-order chi connectivity index (χ0) is 20.3. The number of fused-ring (bicyclic) bond motifs is 1. The van der Waals surface area contributed by atoms with E-state index >= 15 is 0 Å². The Balaban J connectivity index is 1.36. The second-order valence-corrected chi connectivity index (χ2v) is 10.5. The molecule has 3 aromatic carbocycles. The summed E-state index contributed by atoms with van der Waals surface area (Å²) in [6, 6.07) is 21.4. The van der Waals surface area contributed by atoms with Crippen LogP contribution in [0.2, 0.25) is 0 Å². The Kier molecular flexibility index (Phi) is 6.13. The van der Waals surface area contributed by atoms with E-state index in [1.807, 2.05) is 54.2 Å². The predicted octanol–water partition coefficient (Wildman–Crippen LogP) is 4.93. The smallest absolute Gasteiger partial charge is 0.243 e. The summed E-state index contributed by atoms with van der Waals surface area (Å²) in [5.41, 5.74) is 1.27. The molecule has 1 saturated heterocycles. The van der Waals surface area contributed by atoms with Crippen LogP contribution in [0.3, 0.4) is 0 Å². The molecule has 0 unspecified atom stereocenters. The maximum absolute atomic E-state index is 13.1. The van der Waals surface area contributed by atoms with E-state index in [0.717, 1.165) is 35.1 Å². The first-order valence-electron chi connectivity index (χ1n) is 9.80. The van der Waals surface area contributed by atoms with Crippen molar-refractivity contribution in [2.75, 3.05) is 20.2 Å². The van der Waals surface area contributed by atoms with Crippen molar-refractivity contribution < 1.29 is 13.2 Å². The van der Waals surface area contributed by atoms with Crippen molar-refractivity contribution >= 4 is 32.6 Å². The Labute approximate surface area is 176 Å². The number of methoxy groups -OCH3 is 1. The molecule has 0 saturated carbocycles. The van der Waals surface area contributed by atoms with E-state index in [2.05, 4.69) is 12.1 Å². The molecule has 6 heteroatoms. The maximum atomic E-state index is 13.1. The van der Waals surface area contributed by atoms with Crippen molar-refractivity contribution in [2.45, 2.75) is 28.7 Å². The average Bonchev–Trinajstić information content (AvgIpc) is 2.78. The third-order valence-electron chi connectivity index (χ3n) is 5.40. The van der Waals surface area contributed by atoms with E-state index in [1.54, 1.807) is 23.5 Å². The van der Waals surface area contributed by atoms with Crippen molar-refractivity contribution in [3.63, 3.8) is 0 Å². The van der Waals surface area contributed by atoms with Crippen LogP contribution in [-0.2, 0) is 15.8 Å². The fourth-order valence-electron chi connectivity index (χ4n) is 3.65. The van der Waals surface area contributed by atoms with Crippen LogP contribution in [-0.4, -0.2) is 38.2 Å². The van der Waals surface area contributed by atoms with Gasteiger partial charge in [0.05, 0.1) is 12.0 Å².